The third-order valence-corrected chi connectivity index (χ3v) is 3.77. The molecule has 120 valence electrons. The van der Waals surface area contributed by atoms with Crippen LogP contribution in [0.1, 0.15) is 23.7 Å². The summed E-state index contributed by atoms with van der Waals surface area (Å²) >= 11 is 0. The first kappa shape index (κ1) is 16.5. The first-order chi connectivity index (χ1) is 10.6. The van der Waals surface area contributed by atoms with Crippen molar-refractivity contribution in [2.45, 2.75) is 25.5 Å². The lowest BCUT2D eigenvalue weighted by Gasteiger charge is -2.16. The van der Waals surface area contributed by atoms with E-state index in [1.807, 2.05) is 6.07 Å². The van der Waals surface area contributed by atoms with Gasteiger partial charge in [-0.2, -0.15) is 0 Å². The van der Waals surface area contributed by atoms with Gasteiger partial charge in [0.05, 0.1) is 6.10 Å². The second-order valence-electron chi connectivity index (χ2n) is 5.73. The van der Waals surface area contributed by atoms with E-state index in [1.54, 1.807) is 31.2 Å². The molecular formula is C16H23N3O3. The minimum atomic E-state index is -0.407. The maximum absolute atomic E-state index is 12.0. The molecule has 1 aromatic carbocycles. The summed E-state index contributed by atoms with van der Waals surface area (Å²) in [7, 11) is 0. The summed E-state index contributed by atoms with van der Waals surface area (Å²) in [6.45, 7) is 3.53. The maximum Gasteiger partial charge on any atom is 0.251 e. The number of aliphatic hydroxyl groups is 1. The summed E-state index contributed by atoms with van der Waals surface area (Å²) in [5.74, 6) is -0.255. The highest BCUT2D eigenvalue weighted by atomic mass is 16.3. The van der Waals surface area contributed by atoms with Crippen molar-refractivity contribution in [3.63, 3.8) is 0 Å². The van der Waals surface area contributed by atoms with Crippen LogP contribution in [0, 0.1) is 5.92 Å². The van der Waals surface area contributed by atoms with Crippen molar-refractivity contribution in [3.05, 3.63) is 35.9 Å². The van der Waals surface area contributed by atoms with Crippen molar-refractivity contribution < 1.29 is 14.7 Å². The van der Waals surface area contributed by atoms with Crippen molar-refractivity contribution in [2.24, 2.45) is 5.92 Å². The van der Waals surface area contributed by atoms with E-state index in [0.29, 0.717) is 25.2 Å². The quantitative estimate of drug-likeness (QED) is 0.590. The van der Waals surface area contributed by atoms with Crippen molar-refractivity contribution in [1.82, 2.24) is 16.0 Å². The monoisotopic (exact) mass is 305 g/mol. The van der Waals surface area contributed by atoms with Gasteiger partial charge in [-0.3, -0.25) is 9.59 Å². The molecule has 1 aromatic rings. The molecule has 0 aliphatic carbocycles. The highest BCUT2D eigenvalue weighted by molar-refractivity contribution is 5.94. The SMILES string of the molecule is CC(CC(=O)NCC1CNCC1O)NC(=O)c1ccccc1. The van der Waals surface area contributed by atoms with Gasteiger partial charge in [0.25, 0.3) is 5.91 Å². The largest absolute Gasteiger partial charge is 0.391 e. The lowest BCUT2D eigenvalue weighted by Crippen LogP contribution is -2.39. The Morgan fingerprint density at radius 3 is 2.68 bits per heavy atom. The minimum Gasteiger partial charge on any atom is -0.391 e. The molecule has 1 fully saturated rings. The first-order valence-corrected chi connectivity index (χ1v) is 7.57. The zero-order chi connectivity index (χ0) is 15.9. The number of aliphatic hydroxyl groups excluding tert-OH is 1. The van der Waals surface area contributed by atoms with E-state index in [1.165, 1.54) is 0 Å². The Kier molecular flexibility index (Phi) is 5.91. The normalized spacial score (nSPS) is 22.1. The number of hydrogen-bond acceptors (Lipinski definition) is 4. The van der Waals surface area contributed by atoms with Gasteiger partial charge in [0.1, 0.15) is 0 Å². The molecule has 0 aromatic heterocycles. The summed E-state index contributed by atoms with van der Waals surface area (Å²) in [6.07, 6.45) is -0.190. The second kappa shape index (κ2) is 7.91. The number of benzene rings is 1. The van der Waals surface area contributed by atoms with Crippen LogP contribution < -0.4 is 16.0 Å². The zero-order valence-corrected chi connectivity index (χ0v) is 12.7. The minimum absolute atomic E-state index is 0.0539. The van der Waals surface area contributed by atoms with Gasteiger partial charge in [-0.1, -0.05) is 18.2 Å². The fraction of sp³-hybridized carbons (Fsp3) is 0.500. The van der Waals surface area contributed by atoms with Gasteiger partial charge in [0.15, 0.2) is 0 Å². The molecule has 3 unspecified atom stereocenters. The van der Waals surface area contributed by atoms with Crippen LogP contribution in [0.15, 0.2) is 30.3 Å². The van der Waals surface area contributed by atoms with Gasteiger partial charge in [-0.15, -0.1) is 0 Å². The molecule has 1 heterocycles. The Labute approximate surface area is 130 Å². The predicted octanol–water partition coefficient (Wildman–Crippen LogP) is -0.108. The van der Waals surface area contributed by atoms with Crippen LogP contribution in [-0.2, 0) is 4.79 Å². The molecule has 0 bridgehead atoms. The van der Waals surface area contributed by atoms with Crippen LogP contribution in [0.2, 0.25) is 0 Å². The summed E-state index contributed by atoms with van der Waals surface area (Å²) < 4.78 is 0. The molecular weight excluding hydrogens is 282 g/mol. The summed E-state index contributed by atoms with van der Waals surface area (Å²) in [5, 5.41) is 18.3. The number of hydrogen-bond donors (Lipinski definition) is 4. The fourth-order valence-corrected chi connectivity index (χ4v) is 2.47. The number of carbonyl (C=O) groups excluding carboxylic acids is 2. The fourth-order valence-electron chi connectivity index (χ4n) is 2.47. The Morgan fingerprint density at radius 2 is 2.05 bits per heavy atom. The lowest BCUT2D eigenvalue weighted by molar-refractivity contribution is -0.121. The third kappa shape index (κ3) is 4.82. The molecule has 0 spiro atoms. The Bertz CT molecular complexity index is 507. The average molecular weight is 305 g/mol. The Balaban J connectivity index is 1.71. The lowest BCUT2D eigenvalue weighted by atomic mass is 10.1. The van der Waals surface area contributed by atoms with Gasteiger partial charge in [-0.05, 0) is 19.1 Å². The summed E-state index contributed by atoms with van der Waals surface area (Å²) in [5.41, 5.74) is 0.579. The smallest absolute Gasteiger partial charge is 0.251 e. The van der Waals surface area contributed by atoms with E-state index in [9.17, 15) is 14.7 Å². The zero-order valence-electron chi connectivity index (χ0n) is 12.7. The number of rotatable bonds is 6. The van der Waals surface area contributed by atoms with Gasteiger partial charge >= 0.3 is 0 Å². The van der Waals surface area contributed by atoms with E-state index in [0.717, 1.165) is 0 Å². The van der Waals surface area contributed by atoms with Gasteiger partial charge < -0.3 is 21.1 Å². The predicted molar refractivity (Wildman–Crippen MR) is 83.4 cm³/mol. The van der Waals surface area contributed by atoms with Gasteiger partial charge in [0, 0.05) is 43.6 Å². The molecule has 1 saturated heterocycles. The van der Waals surface area contributed by atoms with Crippen LogP contribution in [0.3, 0.4) is 0 Å². The highest BCUT2D eigenvalue weighted by Crippen LogP contribution is 2.07. The second-order valence-corrected chi connectivity index (χ2v) is 5.73. The molecule has 6 nitrogen and oxygen atoms in total. The number of amides is 2. The van der Waals surface area contributed by atoms with Crippen molar-refractivity contribution >= 4 is 11.8 Å². The highest BCUT2D eigenvalue weighted by Gasteiger charge is 2.25. The van der Waals surface area contributed by atoms with E-state index in [4.69, 9.17) is 0 Å². The van der Waals surface area contributed by atoms with E-state index in [2.05, 4.69) is 16.0 Å². The molecule has 2 amide bonds. The van der Waals surface area contributed by atoms with Crippen molar-refractivity contribution in [1.29, 1.82) is 0 Å². The molecule has 22 heavy (non-hydrogen) atoms. The van der Waals surface area contributed by atoms with Crippen LogP contribution in [0.25, 0.3) is 0 Å². The van der Waals surface area contributed by atoms with E-state index < -0.39 is 6.10 Å². The maximum atomic E-state index is 12.0. The standard InChI is InChI=1S/C16H23N3O3/c1-11(19-16(22)12-5-3-2-4-6-12)7-15(21)18-9-13-8-17-10-14(13)20/h2-6,11,13-14,17,20H,7-10H2,1H3,(H,18,21)(H,19,22). The summed E-state index contributed by atoms with van der Waals surface area (Å²) in [6, 6.07) is 8.66. The molecule has 1 aliphatic rings. The van der Waals surface area contributed by atoms with Crippen LogP contribution in [0.5, 0.6) is 0 Å². The van der Waals surface area contributed by atoms with Gasteiger partial charge in [0.2, 0.25) is 5.91 Å². The number of β-amino-alcohol motifs (C(OH)–C–C–N with tert-alkyl or cyclic N) is 1. The molecule has 6 heteroatoms. The Hall–Kier alpha value is -1.92. The van der Waals surface area contributed by atoms with Crippen LogP contribution >= 0.6 is 0 Å². The Morgan fingerprint density at radius 1 is 1.32 bits per heavy atom. The molecule has 3 atom stereocenters. The van der Waals surface area contributed by atoms with Crippen LogP contribution in [0.4, 0.5) is 0 Å². The van der Waals surface area contributed by atoms with Crippen LogP contribution in [-0.4, -0.2) is 48.7 Å². The van der Waals surface area contributed by atoms with Crippen molar-refractivity contribution in [3.8, 4) is 0 Å². The number of nitrogens with one attached hydrogen (secondary N) is 3. The molecule has 0 radical (unpaired) electrons. The average Bonchev–Trinajstić information content (AvgIpc) is 2.91. The van der Waals surface area contributed by atoms with E-state index >= 15 is 0 Å². The first-order valence-electron chi connectivity index (χ1n) is 7.57. The topological polar surface area (TPSA) is 90.5 Å². The summed E-state index contributed by atoms with van der Waals surface area (Å²) in [4.78, 5) is 23.8. The molecule has 4 N–H and O–H groups in total. The third-order valence-electron chi connectivity index (χ3n) is 3.77. The molecule has 0 saturated carbocycles. The van der Waals surface area contributed by atoms with Crippen molar-refractivity contribution in [2.75, 3.05) is 19.6 Å². The van der Waals surface area contributed by atoms with E-state index in [-0.39, 0.29) is 30.2 Å². The number of carbonyl (C=O) groups is 2. The van der Waals surface area contributed by atoms with Gasteiger partial charge in [-0.25, -0.2) is 0 Å². The molecule has 2 rings (SSSR count). The molecule has 1 aliphatic heterocycles.